The first kappa shape index (κ1) is 13.8. The summed E-state index contributed by atoms with van der Waals surface area (Å²) in [5.74, 6) is 0. The molecule has 1 nitrogen and oxygen atoms in total. The molecule has 2 rings (SSSR count). The Morgan fingerprint density at radius 3 is 2.89 bits per heavy atom. The molecule has 0 aromatic carbocycles. The van der Waals surface area contributed by atoms with Crippen LogP contribution in [-0.4, -0.2) is 7.05 Å². The summed E-state index contributed by atoms with van der Waals surface area (Å²) in [6.45, 7) is 6.34. The van der Waals surface area contributed by atoms with E-state index in [2.05, 4.69) is 31.9 Å². The molecule has 1 aromatic rings. The highest BCUT2D eigenvalue weighted by Gasteiger charge is 2.17. The van der Waals surface area contributed by atoms with Crippen molar-refractivity contribution in [2.45, 2.75) is 57.9 Å². The molecule has 1 N–H and O–H groups in total. The molecule has 0 aliphatic heterocycles. The van der Waals surface area contributed by atoms with E-state index in [1.807, 2.05) is 11.3 Å². The molecule has 0 saturated carbocycles. The average molecular weight is 263 g/mol. The molecule has 1 unspecified atom stereocenters. The molecule has 0 spiro atoms. The van der Waals surface area contributed by atoms with Gasteiger partial charge in [0.1, 0.15) is 0 Å². The van der Waals surface area contributed by atoms with Crippen LogP contribution >= 0.6 is 11.3 Å². The van der Waals surface area contributed by atoms with Gasteiger partial charge in [-0.05, 0) is 57.2 Å². The number of aryl methyl sites for hydroxylation is 2. The van der Waals surface area contributed by atoms with Gasteiger partial charge in [0.2, 0.25) is 0 Å². The average Bonchev–Trinajstić information content (AvgIpc) is 2.66. The van der Waals surface area contributed by atoms with Gasteiger partial charge in [-0.25, -0.2) is 0 Å². The van der Waals surface area contributed by atoms with Crippen molar-refractivity contribution in [1.82, 2.24) is 5.32 Å². The Morgan fingerprint density at radius 1 is 1.39 bits per heavy atom. The maximum atomic E-state index is 4.15. The third-order valence-electron chi connectivity index (χ3n) is 3.95. The topological polar surface area (TPSA) is 12.0 Å². The summed E-state index contributed by atoms with van der Waals surface area (Å²) in [5, 5.41) is 3.46. The van der Waals surface area contributed by atoms with Crippen LogP contribution in [0.3, 0.4) is 0 Å². The third-order valence-corrected chi connectivity index (χ3v) is 5.30. The van der Waals surface area contributed by atoms with E-state index in [1.54, 1.807) is 10.4 Å². The Labute approximate surface area is 115 Å². The molecule has 0 saturated heterocycles. The summed E-state index contributed by atoms with van der Waals surface area (Å²) in [4.78, 5) is 3.16. The molecule has 0 amide bonds. The van der Waals surface area contributed by atoms with E-state index in [9.17, 15) is 0 Å². The van der Waals surface area contributed by atoms with Gasteiger partial charge in [0.25, 0.3) is 0 Å². The Hall–Kier alpha value is -0.600. The van der Waals surface area contributed by atoms with Gasteiger partial charge in [-0.3, -0.25) is 0 Å². The zero-order chi connectivity index (χ0) is 13.0. The van der Waals surface area contributed by atoms with Crippen molar-refractivity contribution in [2.24, 2.45) is 0 Å². The number of hydrogen-bond acceptors (Lipinski definition) is 2. The molecule has 18 heavy (non-hydrogen) atoms. The van der Waals surface area contributed by atoms with Crippen LogP contribution in [0.4, 0.5) is 0 Å². The summed E-state index contributed by atoms with van der Waals surface area (Å²) in [7, 11) is 2.07. The van der Waals surface area contributed by atoms with Gasteiger partial charge in [-0.15, -0.1) is 11.3 Å². The minimum Gasteiger partial charge on any atom is -0.312 e. The van der Waals surface area contributed by atoms with Crippen molar-refractivity contribution >= 4 is 11.3 Å². The lowest BCUT2D eigenvalue weighted by molar-refractivity contribution is 0.591. The van der Waals surface area contributed by atoms with Crippen LogP contribution in [0.25, 0.3) is 0 Å². The van der Waals surface area contributed by atoms with E-state index in [4.69, 9.17) is 0 Å². The normalized spacial score (nSPS) is 17.0. The van der Waals surface area contributed by atoms with Crippen LogP contribution in [0.1, 0.15) is 60.4 Å². The van der Waals surface area contributed by atoms with Crippen LogP contribution in [0.5, 0.6) is 0 Å². The van der Waals surface area contributed by atoms with Gasteiger partial charge in [-0.2, -0.15) is 0 Å². The standard InChI is InChI=1S/C16H25NS/c1-4-12(2)10-14(17-3)16-11-13-8-6-5-7-9-15(13)18-16/h11,14,17H,2,4-10H2,1,3H3. The highest BCUT2D eigenvalue weighted by atomic mass is 32.1. The van der Waals surface area contributed by atoms with Gasteiger partial charge < -0.3 is 5.32 Å². The predicted molar refractivity (Wildman–Crippen MR) is 81.4 cm³/mol. The SMILES string of the molecule is C=C(CC)CC(NC)c1cc2c(s1)CCCCC2. The maximum absolute atomic E-state index is 4.15. The molecular weight excluding hydrogens is 238 g/mol. The molecule has 1 aromatic heterocycles. The fraction of sp³-hybridized carbons (Fsp3) is 0.625. The third kappa shape index (κ3) is 3.24. The summed E-state index contributed by atoms with van der Waals surface area (Å²) in [6, 6.07) is 2.92. The first-order chi connectivity index (χ1) is 8.74. The largest absolute Gasteiger partial charge is 0.312 e. The summed E-state index contributed by atoms with van der Waals surface area (Å²) >= 11 is 2.03. The molecule has 1 aliphatic rings. The Morgan fingerprint density at radius 2 is 2.17 bits per heavy atom. The van der Waals surface area contributed by atoms with Crippen molar-refractivity contribution in [3.63, 3.8) is 0 Å². The molecule has 1 atom stereocenters. The minimum atomic E-state index is 0.467. The molecule has 100 valence electrons. The maximum Gasteiger partial charge on any atom is 0.0450 e. The van der Waals surface area contributed by atoms with Crippen molar-refractivity contribution in [1.29, 1.82) is 0 Å². The van der Waals surface area contributed by atoms with Crippen LogP contribution < -0.4 is 5.32 Å². The van der Waals surface area contributed by atoms with E-state index >= 15 is 0 Å². The molecule has 0 radical (unpaired) electrons. The second-order valence-electron chi connectivity index (χ2n) is 5.31. The highest BCUT2D eigenvalue weighted by molar-refractivity contribution is 7.12. The number of thiophene rings is 1. The van der Waals surface area contributed by atoms with Crippen molar-refractivity contribution in [3.8, 4) is 0 Å². The van der Waals surface area contributed by atoms with Gasteiger partial charge in [0.15, 0.2) is 0 Å². The fourth-order valence-corrected chi connectivity index (χ4v) is 4.01. The van der Waals surface area contributed by atoms with Gasteiger partial charge >= 0.3 is 0 Å². The lowest BCUT2D eigenvalue weighted by Gasteiger charge is -2.15. The van der Waals surface area contributed by atoms with Crippen LogP contribution in [-0.2, 0) is 12.8 Å². The van der Waals surface area contributed by atoms with Crippen molar-refractivity contribution < 1.29 is 0 Å². The first-order valence-electron chi connectivity index (χ1n) is 7.20. The Bertz CT molecular complexity index is 382. The number of fused-ring (bicyclic) bond motifs is 1. The first-order valence-corrected chi connectivity index (χ1v) is 8.01. The Balaban J connectivity index is 2.13. The van der Waals surface area contributed by atoms with E-state index in [0.29, 0.717) is 6.04 Å². The van der Waals surface area contributed by atoms with Crippen molar-refractivity contribution in [3.05, 3.63) is 33.5 Å². The van der Waals surface area contributed by atoms with E-state index in [0.717, 1.165) is 12.8 Å². The van der Waals surface area contributed by atoms with Gasteiger partial charge in [0.05, 0.1) is 0 Å². The zero-order valence-electron chi connectivity index (χ0n) is 11.7. The molecule has 1 heterocycles. The van der Waals surface area contributed by atoms with Gasteiger partial charge in [0, 0.05) is 15.8 Å². The number of nitrogens with one attached hydrogen (secondary N) is 1. The lowest BCUT2D eigenvalue weighted by Crippen LogP contribution is -2.15. The number of rotatable bonds is 5. The molecule has 0 fully saturated rings. The van der Waals surface area contributed by atoms with Crippen LogP contribution in [0, 0.1) is 0 Å². The summed E-state index contributed by atoms with van der Waals surface area (Å²) < 4.78 is 0. The molecule has 2 heteroatoms. The van der Waals surface area contributed by atoms with Crippen LogP contribution in [0.2, 0.25) is 0 Å². The second-order valence-corrected chi connectivity index (χ2v) is 6.48. The van der Waals surface area contributed by atoms with E-state index in [-0.39, 0.29) is 0 Å². The van der Waals surface area contributed by atoms with Crippen LogP contribution in [0.15, 0.2) is 18.2 Å². The molecular formula is C16H25NS. The zero-order valence-corrected chi connectivity index (χ0v) is 12.5. The molecule has 1 aliphatic carbocycles. The highest BCUT2D eigenvalue weighted by Crippen LogP contribution is 2.34. The minimum absolute atomic E-state index is 0.467. The van der Waals surface area contributed by atoms with Crippen molar-refractivity contribution in [2.75, 3.05) is 7.05 Å². The summed E-state index contributed by atoms with van der Waals surface area (Å²) in [5.41, 5.74) is 2.97. The van der Waals surface area contributed by atoms with E-state index < -0.39 is 0 Å². The molecule has 0 bridgehead atoms. The monoisotopic (exact) mass is 263 g/mol. The lowest BCUT2D eigenvalue weighted by atomic mass is 10.0. The second kappa shape index (κ2) is 6.53. The Kier molecular flexibility index (Phi) is 5.02. The quantitative estimate of drug-likeness (QED) is 0.603. The van der Waals surface area contributed by atoms with Gasteiger partial charge in [-0.1, -0.05) is 25.5 Å². The smallest absolute Gasteiger partial charge is 0.0450 e. The number of hydrogen-bond donors (Lipinski definition) is 1. The fourth-order valence-electron chi connectivity index (χ4n) is 2.64. The predicted octanol–water partition coefficient (Wildman–Crippen LogP) is 4.63. The van der Waals surface area contributed by atoms with E-state index in [1.165, 1.54) is 42.6 Å². The summed E-state index contributed by atoms with van der Waals surface area (Å²) in [6.07, 6.45) is 8.89.